The van der Waals surface area contributed by atoms with Gasteiger partial charge in [0, 0.05) is 19.2 Å². The molecule has 2 N–H and O–H groups in total. The lowest BCUT2D eigenvalue weighted by Crippen LogP contribution is -2.37. The van der Waals surface area contributed by atoms with Gasteiger partial charge in [0.1, 0.15) is 0 Å². The fourth-order valence-electron chi connectivity index (χ4n) is 2.70. The molecule has 2 aromatic rings. The van der Waals surface area contributed by atoms with E-state index in [4.69, 9.17) is 17.0 Å². The second-order valence-electron chi connectivity index (χ2n) is 5.80. The molecular weight excluding hydrogens is 346 g/mol. The van der Waals surface area contributed by atoms with Crippen molar-refractivity contribution in [3.05, 3.63) is 66.2 Å². The van der Waals surface area contributed by atoms with Crippen molar-refractivity contribution in [3.8, 4) is 0 Å². The molecule has 26 heavy (non-hydrogen) atoms. The number of nitrogens with one attached hydrogen (secondary N) is 2. The molecule has 0 saturated carbocycles. The van der Waals surface area contributed by atoms with Crippen LogP contribution in [-0.4, -0.2) is 37.3 Å². The number of nitrogens with zero attached hydrogens (tertiary/aromatic N) is 1. The van der Waals surface area contributed by atoms with Crippen LogP contribution in [0.25, 0.3) is 6.08 Å². The SMILES string of the molecule is O=C(/C=C/c1ccccc1)NC(=S)Nc1ccccc1N1CCOCC1. The smallest absolute Gasteiger partial charge is 0.250 e. The van der Waals surface area contributed by atoms with Crippen LogP contribution in [0, 0.1) is 0 Å². The number of benzene rings is 2. The zero-order chi connectivity index (χ0) is 18.2. The van der Waals surface area contributed by atoms with Crippen LogP contribution in [-0.2, 0) is 9.53 Å². The van der Waals surface area contributed by atoms with Gasteiger partial charge in [-0.05, 0) is 36.0 Å². The normalized spacial score (nSPS) is 14.2. The first-order valence-corrected chi connectivity index (χ1v) is 8.90. The van der Waals surface area contributed by atoms with E-state index in [1.54, 1.807) is 6.08 Å². The zero-order valence-corrected chi connectivity index (χ0v) is 15.2. The number of carbonyl (C=O) groups is 1. The maximum Gasteiger partial charge on any atom is 0.250 e. The standard InChI is InChI=1S/C20H21N3O2S/c24-19(11-10-16-6-2-1-3-7-16)22-20(26)21-17-8-4-5-9-18(17)23-12-14-25-15-13-23/h1-11H,12-15H2,(H2,21,22,24,26)/b11-10+. The van der Waals surface area contributed by atoms with Crippen LogP contribution in [0.2, 0.25) is 0 Å². The van der Waals surface area contributed by atoms with Crippen molar-refractivity contribution in [2.24, 2.45) is 0 Å². The van der Waals surface area contributed by atoms with Gasteiger partial charge in [-0.15, -0.1) is 0 Å². The van der Waals surface area contributed by atoms with Crippen molar-refractivity contribution in [1.29, 1.82) is 0 Å². The molecule has 1 fully saturated rings. The Balaban J connectivity index is 1.59. The number of rotatable bonds is 4. The number of hydrogen-bond donors (Lipinski definition) is 2. The van der Waals surface area contributed by atoms with Gasteiger partial charge < -0.3 is 15.0 Å². The fourth-order valence-corrected chi connectivity index (χ4v) is 2.91. The van der Waals surface area contributed by atoms with Crippen LogP contribution >= 0.6 is 12.2 Å². The highest BCUT2D eigenvalue weighted by Gasteiger charge is 2.15. The molecular formula is C20H21N3O2S. The van der Waals surface area contributed by atoms with Gasteiger partial charge in [-0.1, -0.05) is 42.5 Å². The van der Waals surface area contributed by atoms with E-state index in [-0.39, 0.29) is 11.0 Å². The number of thiocarbonyl (C=S) groups is 1. The molecule has 0 atom stereocenters. The van der Waals surface area contributed by atoms with Gasteiger partial charge >= 0.3 is 0 Å². The Morgan fingerprint density at radius 2 is 1.73 bits per heavy atom. The first-order chi connectivity index (χ1) is 12.7. The Bertz CT molecular complexity index is 787. The molecule has 0 radical (unpaired) electrons. The molecule has 1 aliphatic heterocycles. The van der Waals surface area contributed by atoms with E-state index < -0.39 is 0 Å². The maximum absolute atomic E-state index is 12.1. The Morgan fingerprint density at radius 3 is 2.50 bits per heavy atom. The van der Waals surface area contributed by atoms with Gasteiger partial charge in [0.05, 0.1) is 24.6 Å². The van der Waals surface area contributed by atoms with Crippen molar-refractivity contribution in [2.45, 2.75) is 0 Å². The highest BCUT2D eigenvalue weighted by atomic mass is 32.1. The first kappa shape index (κ1) is 18.1. The molecule has 0 bridgehead atoms. The highest BCUT2D eigenvalue weighted by molar-refractivity contribution is 7.80. The Morgan fingerprint density at radius 1 is 1.04 bits per heavy atom. The van der Waals surface area contributed by atoms with Gasteiger partial charge in [0.25, 0.3) is 0 Å². The summed E-state index contributed by atoms with van der Waals surface area (Å²) in [4.78, 5) is 14.3. The first-order valence-electron chi connectivity index (χ1n) is 8.49. The maximum atomic E-state index is 12.1. The molecule has 0 aliphatic carbocycles. The summed E-state index contributed by atoms with van der Waals surface area (Å²) >= 11 is 5.28. The van der Waals surface area contributed by atoms with Gasteiger partial charge in [0.2, 0.25) is 5.91 Å². The third-order valence-corrected chi connectivity index (χ3v) is 4.17. The van der Waals surface area contributed by atoms with E-state index >= 15 is 0 Å². The number of morpholine rings is 1. The summed E-state index contributed by atoms with van der Waals surface area (Å²) < 4.78 is 5.41. The molecule has 2 aromatic carbocycles. The summed E-state index contributed by atoms with van der Waals surface area (Å²) in [6, 6.07) is 17.5. The summed E-state index contributed by atoms with van der Waals surface area (Å²) in [6.07, 6.45) is 3.22. The van der Waals surface area contributed by atoms with Crippen molar-refractivity contribution in [2.75, 3.05) is 36.5 Å². The average molecular weight is 367 g/mol. The molecule has 0 aromatic heterocycles. The van der Waals surface area contributed by atoms with E-state index in [0.717, 1.165) is 30.0 Å². The number of para-hydroxylation sites is 2. The van der Waals surface area contributed by atoms with Crippen LogP contribution in [0.4, 0.5) is 11.4 Å². The van der Waals surface area contributed by atoms with E-state index in [9.17, 15) is 4.79 Å². The topological polar surface area (TPSA) is 53.6 Å². The number of carbonyl (C=O) groups excluding carboxylic acids is 1. The summed E-state index contributed by atoms with van der Waals surface area (Å²) in [5.74, 6) is -0.268. The second kappa shape index (κ2) is 9.12. The molecule has 0 unspecified atom stereocenters. The summed E-state index contributed by atoms with van der Waals surface area (Å²) in [5.41, 5.74) is 2.87. The van der Waals surface area contributed by atoms with Crippen LogP contribution in [0.3, 0.4) is 0 Å². The van der Waals surface area contributed by atoms with Crippen molar-refractivity contribution in [3.63, 3.8) is 0 Å². The van der Waals surface area contributed by atoms with Gasteiger partial charge in [0.15, 0.2) is 5.11 Å². The minimum Gasteiger partial charge on any atom is -0.378 e. The lowest BCUT2D eigenvalue weighted by Gasteiger charge is -2.30. The predicted octanol–water partition coefficient (Wildman–Crippen LogP) is 3.05. The molecule has 1 amide bonds. The lowest BCUT2D eigenvalue weighted by atomic mass is 10.2. The number of ether oxygens (including phenoxy) is 1. The lowest BCUT2D eigenvalue weighted by molar-refractivity contribution is -0.115. The van der Waals surface area contributed by atoms with Crippen molar-refractivity contribution < 1.29 is 9.53 Å². The molecule has 1 aliphatic rings. The third-order valence-electron chi connectivity index (χ3n) is 3.97. The van der Waals surface area contributed by atoms with Gasteiger partial charge in [-0.3, -0.25) is 10.1 Å². The number of hydrogen-bond acceptors (Lipinski definition) is 4. The molecule has 1 saturated heterocycles. The van der Waals surface area contributed by atoms with E-state index in [1.807, 2.05) is 54.6 Å². The molecule has 134 valence electrons. The third kappa shape index (κ3) is 5.15. The molecule has 1 heterocycles. The zero-order valence-electron chi connectivity index (χ0n) is 14.4. The van der Waals surface area contributed by atoms with Crippen molar-refractivity contribution in [1.82, 2.24) is 5.32 Å². The van der Waals surface area contributed by atoms with E-state index in [0.29, 0.717) is 13.2 Å². The van der Waals surface area contributed by atoms with Crippen LogP contribution in [0.5, 0.6) is 0 Å². The Kier molecular flexibility index (Phi) is 6.35. The van der Waals surface area contributed by atoms with E-state index in [2.05, 4.69) is 15.5 Å². The minimum atomic E-state index is -0.268. The summed E-state index contributed by atoms with van der Waals surface area (Å²) in [6.45, 7) is 3.08. The monoisotopic (exact) mass is 367 g/mol. The minimum absolute atomic E-state index is 0.268. The summed E-state index contributed by atoms with van der Waals surface area (Å²) in [5, 5.41) is 6.07. The average Bonchev–Trinajstić information content (AvgIpc) is 2.68. The highest BCUT2D eigenvalue weighted by Crippen LogP contribution is 2.26. The quantitative estimate of drug-likeness (QED) is 0.643. The molecule has 0 spiro atoms. The molecule has 5 nitrogen and oxygen atoms in total. The fraction of sp³-hybridized carbons (Fsp3) is 0.200. The van der Waals surface area contributed by atoms with Crippen LogP contribution in [0.1, 0.15) is 5.56 Å². The van der Waals surface area contributed by atoms with Gasteiger partial charge in [-0.25, -0.2) is 0 Å². The predicted molar refractivity (Wildman–Crippen MR) is 109 cm³/mol. The summed E-state index contributed by atoms with van der Waals surface area (Å²) in [7, 11) is 0. The number of amides is 1. The Hall–Kier alpha value is -2.70. The second-order valence-corrected chi connectivity index (χ2v) is 6.21. The number of anilines is 2. The molecule has 3 rings (SSSR count). The van der Waals surface area contributed by atoms with Crippen LogP contribution < -0.4 is 15.5 Å². The van der Waals surface area contributed by atoms with Gasteiger partial charge in [-0.2, -0.15) is 0 Å². The van der Waals surface area contributed by atoms with Crippen LogP contribution in [0.15, 0.2) is 60.7 Å². The van der Waals surface area contributed by atoms with E-state index in [1.165, 1.54) is 6.08 Å². The Labute approximate surface area is 158 Å². The van der Waals surface area contributed by atoms with Crippen molar-refractivity contribution >= 4 is 40.7 Å². The molecule has 6 heteroatoms. The largest absolute Gasteiger partial charge is 0.378 e.